The maximum absolute atomic E-state index is 10.2. The van der Waals surface area contributed by atoms with Crippen LogP contribution < -0.4 is 5.19 Å². The van der Waals surface area contributed by atoms with Gasteiger partial charge in [0.15, 0.2) is 0 Å². The molecule has 1 aromatic rings. The average Bonchev–Trinajstić information content (AvgIpc) is 2.98. The first-order valence-corrected chi connectivity index (χ1v) is 9.34. The van der Waals surface area contributed by atoms with Gasteiger partial charge in [-0.2, -0.15) is 0 Å². The Morgan fingerprint density at radius 1 is 1.31 bits per heavy atom. The molecule has 0 heterocycles. The fraction of sp³-hybridized carbons (Fsp3) is 0.462. The summed E-state index contributed by atoms with van der Waals surface area (Å²) in [5.74, 6) is 0.436. The highest BCUT2D eigenvalue weighted by atomic mass is 28.3. The second-order valence-corrected chi connectivity index (χ2v) is 10.5. The van der Waals surface area contributed by atoms with Crippen molar-refractivity contribution in [1.82, 2.24) is 0 Å². The zero-order valence-electron chi connectivity index (χ0n) is 10.2. The van der Waals surface area contributed by atoms with Crippen molar-refractivity contribution < 1.29 is 5.11 Å². The summed E-state index contributed by atoms with van der Waals surface area (Å²) in [6.07, 6.45) is 4.23. The van der Waals surface area contributed by atoms with E-state index < -0.39 is 8.07 Å². The summed E-state index contributed by atoms with van der Waals surface area (Å²) in [4.78, 5) is 4.42. The van der Waals surface area contributed by atoms with Gasteiger partial charge in [-0.15, -0.1) is 0 Å². The van der Waals surface area contributed by atoms with E-state index in [0.29, 0.717) is 11.8 Å². The fourth-order valence-electron chi connectivity index (χ4n) is 1.68. The van der Waals surface area contributed by atoms with Crippen molar-refractivity contribution >= 4 is 19.5 Å². The van der Waals surface area contributed by atoms with Gasteiger partial charge in [0.05, 0.1) is 14.1 Å². The Balaban J connectivity index is 2.32. The van der Waals surface area contributed by atoms with Crippen molar-refractivity contribution in [3.8, 4) is 5.75 Å². The lowest BCUT2D eigenvalue weighted by Gasteiger charge is -2.18. The van der Waals surface area contributed by atoms with Crippen LogP contribution in [0.15, 0.2) is 23.2 Å². The lowest BCUT2D eigenvalue weighted by Crippen LogP contribution is -2.37. The van der Waals surface area contributed by atoms with Crippen molar-refractivity contribution in [3.05, 3.63) is 23.8 Å². The standard InChI is InChI=1S/C13H19NOSi/c1-16(2,3)12-6-4-5-10(13(12)15)9-14-11-7-8-11/h4-6,9,11,15H,7-8H2,1-3H3. The molecule has 0 spiro atoms. The Morgan fingerprint density at radius 3 is 2.56 bits per heavy atom. The van der Waals surface area contributed by atoms with E-state index in [1.54, 1.807) is 0 Å². The summed E-state index contributed by atoms with van der Waals surface area (Å²) >= 11 is 0. The fourth-order valence-corrected chi connectivity index (χ4v) is 3.13. The van der Waals surface area contributed by atoms with Crippen LogP contribution >= 0.6 is 0 Å². The first-order valence-electron chi connectivity index (χ1n) is 5.84. The van der Waals surface area contributed by atoms with E-state index in [1.165, 1.54) is 12.8 Å². The number of hydrogen-bond acceptors (Lipinski definition) is 2. The molecule has 1 N–H and O–H groups in total. The van der Waals surface area contributed by atoms with Crippen LogP contribution in [0.2, 0.25) is 19.6 Å². The minimum atomic E-state index is -1.46. The minimum absolute atomic E-state index is 0.436. The molecule has 1 aliphatic carbocycles. The normalized spacial score (nSPS) is 16.9. The number of nitrogens with zero attached hydrogens (tertiary/aromatic N) is 1. The van der Waals surface area contributed by atoms with Crippen LogP contribution in [0.4, 0.5) is 0 Å². The van der Waals surface area contributed by atoms with E-state index >= 15 is 0 Å². The Bertz CT molecular complexity index is 416. The van der Waals surface area contributed by atoms with Gasteiger partial charge in [0.1, 0.15) is 5.75 Å². The number of para-hydroxylation sites is 1. The number of aliphatic imine (C=N–C) groups is 1. The lowest BCUT2D eigenvalue weighted by atomic mass is 10.2. The van der Waals surface area contributed by atoms with E-state index in [2.05, 4.69) is 24.6 Å². The van der Waals surface area contributed by atoms with Gasteiger partial charge in [-0.1, -0.05) is 31.8 Å². The summed E-state index contributed by atoms with van der Waals surface area (Å²) < 4.78 is 0. The van der Waals surface area contributed by atoms with E-state index in [4.69, 9.17) is 0 Å². The Kier molecular flexibility index (Phi) is 2.89. The third-order valence-electron chi connectivity index (χ3n) is 2.85. The van der Waals surface area contributed by atoms with E-state index in [9.17, 15) is 5.11 Å². The molecule has 1 saturated carbocycles. The summed E-state index contributed by atoms with van der Waals surface area (Å²) in [6, 6.07) is 6.50. The average molecular weight is 233 g/mol. The van der Waals surface area contributed by atoms with Gasteiger partial charge in [0, 0.05) is 11.8 Å². The second kappa shape index (κ2) is 4.05. The number of benzene rings is 1. The Hall–Kier alpha value is -1.09. The van der Waals surface area contributed by atoms with Crippen LogP contribution in [0, 0.1) is 0 Å². The molecule has 2 rings (SSSR count). The van der Waals surface area contributed by atoms with Gasteiger partial charge in [0.25, 0.3) is 0 Å². The van der Waals surface area contributed by atoms with Crippen molar-refractivity contribution in [2.45, 2.75) is 38.5 Å². The number of rotatable bonds is 3. The molecule has 0 unspecified atom stereocenters. The molecule has 1 aliphatic rings. The molecule has 86 valence electrons. The van der Waals surface area contributed by atoms with Gasteiger partial charge in [-0.05, 0) is 24.1 Å². The second-order valence-electron chi connectivity index (χ2n) is 5.50. The van der Waals surface area contributed by atoms with Gasteiger partial charge in [0.2, 0.25) is 0 Å². The van der Waals surface area contributed by atoms with Crippen LogP contribution in [0.3, 0.4) is 0 Å². The molecule has 0 bridgehead atoms. The highest BCUT2D eigenvalue weighted by Crippen LogP contribution is 2.24. The van der Waals surface area contributed by atoms with Crippen LogP contribution in [0.5, 0.6) is 5.75 Å². The predicted molar refractivity (Wildman–Crippen MR) is 71.7 cm³/mol. The van der Waals surface area contributed by atoms with Crippen LogP contribution in [0.1, 0.15) is 18.4 Å². The van der Waals surface area contributed by atoms with Crippen LogP contribution in [-0.4, -0.2) is 25.4 Å². The zero-order valence-corrected chi connectivity index (χ0v) is 11.2. The summed E-state index contributed by atoms with van der Waals surface area (Å²) in [5, 5.41) is 11.3. The molecule has 0 aromatic heterocycles. The van der Waals surface area contributed by atoms with Crippen LogP contribution in [0.25, 0.3) is 0 Å². The Morgan fingerprint density at radius 2 is 2.00 bits per heavy atom. The highest BCUT2D eigenvalue weighted by Gasteiger charge is 2.22. The molecule has 0 radical (unpaired) electrons. The van der Waals surface area contributed by atoms with Crippen molar-refractivity contribution in [3.63, 3.8) is 0 Å². The predicted octanol–water partition coefficient (Wildman–Crippen LogP) is 2.52. The van der Waals surface area contributed by atoms with Gasteiger partial charge in [-0.3, -0.25) is 4.99 Å². The molecule has 0 atom stereocenters. The maximum atomic E-state index is 10.2. The monoisotopic (exact) mass is 233 g/mol. The summed E-state index contributed by atoms with van der Waals surface area (Å²) in [5.41, 5.74) is 0.867. The van der Waals surface area contributed by atoms with Crippen molar-refractivity contribution in [1.29, 1.82) is 0 Å². The number of phenols is 1. The lowest BCUT2D eigenvalue weighted by molar-refractivity contribution is 0.478. The number of phenolic OH excluding ortho intramolecular Hbond substituents is 1. The first kappa shape index (κ1) is 11.4. The molecule has 2 nitrogen and oxygen atoms in total. The third-order valence-corrected chi connectivity index (χ3v) is 4.87. The van der Waals surface area contributed by atoms with E-state index in [-0.39, 0.29) is 0 Å². The van der Waals surface area contributed by atoms with Crippen LogP contribution in [-0.2, 0) is 0 Å². The minimum Gasteiger partial charge on any atom is -0.507 e. The van der Waals surface area contributed by atoms with Crippen molar-refractivity contribution in [2.24, 2.45) is 4.99 Å². The maximum Gasteiger partial charge on any atom is 0.123 e. The molecule has 0 amide bonds. The summed E-state index contributed by atoms with van der Waals surface area (Å²) in [7, 11) is -1.46. The zero-order chi connectivity index (χ0) is 11.8. The van der Waals surface area contributed by atoms with Crippen molar-refractivity contribution in [2.75, 3.05) is 0 Å². The highest BCUT2D eigenvalue weighted by molar-refractivity contribution is 6.89. The van der Waals surface area contributed by atoms with Gasteiger partial charge >= 0.3 is 0 Å². The molecule has 1 aromatic carbocycles. The number of aromatic hydroxyl groups is 1. The Labute approximate surface area is 98.1 Å². The smallest absolute Gasteiger partial charge is 0.123 e. The van der Waals surface area contributed by atoms with Gasteiger partial charge < -0.3 is 5.11 Å². The molecular weight excluding hydrogens is 214 g/mol. The van der Waals surface area contributed by atoms with E-state index in [1.807, 2.05) is 24.4 Å². The summed E-state index contributed by atoms with van der Waals surface area (Å²) in [6.45, 7) is 6.72. The van der Waals surface area contributed by atoms with Gasteiger partial charge in [-0.25, -0.2) is 0 Å². The first-order chi connectivity index (χ1) is 7.48. The molecule has 3 heteroatoms. The molecular formula is C13H19NOSi. The quantitative estimate of drug-likeness (QED) is 0.631. The molecule has 16 heavy (non-hydrogen) atoms. The largest absolute Gasteiger partial charge is 0.507 e. The number of hydrogen-bond donors (Lipinski definition) is 1. The third kappa shape index (κ3) is 2.53. The van der Waals surface area contributed by atoms with E-state index in [0.717, 1.165) is 10.8 Å². The topological polar surface area (TPSA) is 32.6 Å². The molecule has 1 fully saturated rings. The molecule has 0 saturated heterocycles. The molecule has 0 aliphatic heterocycles. The SMILES string of the molecule is C[Si](C)(C)c1cccc(C=NC2CC2)c1O.